The van der Waals surface area contributed by atoms with Gasteiger partial charge in [0, 0.05) is 24.7 Å². The lowest BCUT2D eigenvalue weighted by Crippen LogP contribution is -2.51. The van der Waals surface area contributed by atoms with Crippen LogP contribution in [0, 0.1) is 12.8 Å². The number of carbonyl (C=O) groups excluding carboxylic acids is 3. The molecule has 2 aromatic rings. The fourth-order valence-corrected chi connectivity index (χ4v) is 4.21. The van der Waals surface area contributed by atoms with E-state index in [-0.39, 0.29) is 24.3 Å². The minimum atomic E-state index is -0.790. The molecule has 0 aliphatic carbocycles. The summed E-state index contributed by atoms with van der Waals surface area (Å²) in [4.78, 5) is 41.9. The molecular formula is C26H31N3O5. The lowest BCUT2D eigenvalue weighted by atomic mass is 9.99. The molecule has 2 aliphatic heterocycles. The number of nitrogens with zero attached hydrogens (tertiary/aromatic N) is 2. The number of amides is 3. The van der Waals surface area contributed by atoms with Crippen LogP contribution >= 0.6 is 0 Å². The van der Waals surface area contributed by atoms with Gasteiger partial charge in [-0.15, -0.1) is 0 Å². The third-order valence-corrected chi connectivity index (χ3v) is 6.13. The summed E-state index contributed by atoms with van der Waals surface area (Å²) in [6.45, 7) is 7.83. The Hall–Kier alpha value is -3.39. The van der Waals surface area contributed by atoms with E-state index in [1.807, 2.05) is 45.0 Å². The Morgan fingerprint density at radius 1 is 1.09 bits per heavy atom. The second kappa shape index (κ2) is 10.3. The van der Waals surface area contributed by atoms with Crippen LogP contribution < -0.4 is 5.32 Å². The van der Waals surface area contributed by atoms with Crippen LogP contribution in [0.2, 0.25) is 0 Å². The Labute approximate surface area is 199 Å². The van der Waals surface area contributed by atoms with Crippen molar-refractivity contribution >= 4 is 23.6 Å². The van der Waals surface area contributed by atoms with E-state index in [9.17, 15) is 14.4 Å². The third-order valence-electron chi connectivity index (χ3n) is 6.13. The van der Waals surface area contributed by atoms with Crippen molar-refractivity contribution < 1.29 is 23.9 Å². The van der Waals surface area contributed by atoms with Gasteiger partial charge < -0.3 is 19.7 Å². The van der Waals surface area contributed by atoms with Crippen LogP contribution in [0.4, 0.5) is 10.5 Å². The van der Waals surface area contributed by atoms with Gasteiger partial charge in [-0.2, -0.15) is 0 Å². The minimum absolute atomic E-state index is 0.0789. The average molecular weight is 466 g/mol. The van der Waals surface area contributed by atoms with Gasteiger partial charge >= 0.3 is 6.09 Å². The van der Waals surface area contributed by atoms with Crippen molar-refractivity contribution in [3.63, 3.8) is 0 Å². The van der Waals surface area contributed by atoms with Crippen molar-refractivity contribution in [1.82, 2.24) is 9.80 Å². The maximum Gasteiger partial charge on any atom is 0.411 e. The number of anilines is 1. The van der Waals surface area contributed by atoms with E-state index in [1.165, 1.54) is 4.90 Å². The lowest BCUT2D eigenvalue weighted by molar-refractivity contribution is -0.141. The molecule has 0 aromatic heterocycles. The van der Waals surface area contributed by atoms with E-state index in [4.69, 9.17) is 9.47 Å². The predicted octanol–water partition coefficient (Wildman–Crippen LogP) is 3.51. The maximum absolute atomic E-state index is 13.6. The first-order valence-electron chi connectivity index (χ1n) is 11.6. The largest absolute Gasteiger partial charge is 0.438 e. The molecule has 8 heteroatoms. The van der Waals surface area contributed by atoms with E-state index in [2.05, 4.69) is 5.32 Å². The van der Waals surface area contributed by atoms with Crippen LogP contribution in [0.5, 0.6) is 0 Å². The zero-order valence-electron chi connectivity index (χ0n) is 19.8. The first-order valence-corrected chi connectivity index (χ1v) is 11.6. The molecule has 2 aromatic carbocycles. The molecule has 0 spiro atoms. The zero-order valence-corrected chi connectivity index (χ0v) is 19.8. The van der Waals surface area contributed by atoms with Crippen LogP contribution in [-0.2, 0) is 25.6 Å². The Balaban J connectivity index is 1.61. The van der Waals surface area contributed by atoms with Gasteiger partial charge in [0.15, 0.2) is 12.1 Å². The quantitative estimate of drug-likeness (QED) is 0.705. The molecule has 180 valence electrons. The molecule has 0 bridgehead atoms. The fourth-order valence-electron chi connectivity index (χ4n) is 4.21. The summed E-state index contributed by atoms with van der Waals surface area (Å²) in [7, 11) is 0. The summed E-state index contributed by atoms with van der Waals surface area (Å²) in [5.41, 5.74) is 3.37. The first-order chi connectivity index (χ1) is 16.3. The van der Waals surface area contributed by atoms with Crippen LogP contribution in [0.3, 0.4) is 0 Å². The fraction of sp³-hybridized carbons (Fsp3) is 0.423. The van der Waals surface area contributed by atoms with Crippen molar-refractivity contribution in [1.29, 1.82) is 0 Å². The second-order valence-corrected chi connectivity index (χ2v) is 9.07. The Bertz CT molecular complexity index is 1050. The van der Waals surface area contributed by atoms with Crippen molar-refractivity contribution in [3.8, 4) is 0 Å². The third kappa shape index (κ3) is 5.22. The number of benzene rings is 2. The molecule has 3 amide bonds. The summed E-state index contributed by atoms with van der Waals surface area (Å²) >= 11 is 0. The van der Waals surface area contributed by atoms with Gasteiger partial charge in [-0.05, 0) is 30.2 Å². The summed E-state index contributed by atoms with van der Waals surface area (Å²) < 4.78 is 11.2. The van der Waals surface area contributed by atoms with Crippen LogP contribution in [0.1, 0.15) is 36.6 Å². The van der Waals surface area contributed by atoms with Gasteiger partial charge in [-0.25, -0.2) is 4.79 Å². The first kappa shape index (κ1) is 23.8. The molecule has 2 unspecified atom stereocenters. The number of ether oxygens (including phenoxy) is 2. The average Bonchev–Trinajstić information content (AvgIpc) is 3.15. The molecule has 8 nitrogen and oxygen atoms in total. The molecule has 0 saturated carbocycles. The monoisotopic (exact) mass is 465 g/mol. The highest BCUT2D eigenvalue weighted by atomic mass is 16.6. The van der Waals surface area contributed by atoms with Crippen molar-refractivity contribution in [3.05, 3.63) is 65.2 Å². The second-order valence-electron chi connectivity index (χ2n) is 9.07. The topological polar surface area (TPSA) is 88.2 Å². The SMILES string of the molecule is Cc1cccc(CN2C(=O)OC(c3ccc(NC(=O)C(C)C)cc3)C2C(=O)N2CCOCC2)c1. The highest BCUT2D eigenvalue weighted by molar-refractivity contribution is 5.92. The number of rotatable bonds is 6. The molecular weight excluding hydrogens is 434 g/mol. The van der Waals surface area contributed by atoms with Gasteiger partial charge in [0.25, 0.3) is 0 Å². The number of carbonyl (C=O) groups is 3. The maximum atomic E-state index is 13.6. The molecule has 1 N–H and O–H groups in total. The van der Waals surface area contributed by atoms with E-state index >= 15 is 0 Å². The number of aryl methyl sites for hydroxylation is 1. The summed E-state index contributed by atoms with van der Waals surface area (Å²) in [5, 5.41) is 2.85. The molecule has 2 saturated heterocycles. The molecule has 4 rings (SSSR count). The van der Waals surface area contributed by atoms with Gasteiger partial charge in [-0.3, -0.25) is 14.5 Å². The number of nitrogens with one attached hydrogen (secondary N) is 1. The molecule has 2 atom stereocenters. The van der Waals surface area contributed by atoms with E-state index in [0.29, 0.717) is 37.6 Å². The smallest absolute Gasteiger partial charge is 0.411 e. The van der Waals surface area contributed by atoms with Crippen molar-refractivity contribution in [2.75, 3.05) is 31.6 Å². The highest BCUT2D eigenvalue weighted by Crippen LogP contribution is 2.35. The molecule has 2 aliphatic rings. The zero-order chi connectivity index (χ0) is 24.2. The van der Waals surface area contributed by atoms with Crippen molar-refractivity contribution in [2.45, 2.75) is 39.5 Å². The predicted molar refractivity (Wildman–Crippen MR) is 127 cm³/mol. The number of hydrogen-bond donors (Lipinski definition) is 1. The van der Waals surface area contributed by atoms with Gasteiger partial charge in [0.2, 0.25) is 11.8 Å². The van der Waals surface area contributed by atoms with E-state index in [0.717, 1.165) is 11.1 Å². The van der Waals surface area contributed by atoms with Crippen molar-refractivity contribution in [2.24, 2.45) is 5.92 Å². The van der Waals surface area contributed by atoms with Crippen LogP contribution in [0.15, 0.2) is 48.5 Å². The highest BCUT2D eigenvalue weighted by Gasteiger charge is 2.48. The number of morpholine rings is 1. The Kier molecular flexibility index (Phi) is 7.17. The molecule has 2 heterocycles. The van der Waals surface area contributed by atoms with Gasteiger partial charge in [0.05, 0.1) is 19.8 Å². The minimum Gasteiger partial charge on any atom is -0.438 e. The summed E-state index contributed by atoms with van der Waals surface area (Å²) in [6.07, 6.45) is -1.27. The Morgan fingerprint density at radius 2 is 1.79 bits per heavy atom. The standard InChI is InChI=1S/C26H31N3O5/c1-17(2)24(30)27-21-9-7-20(8-10-21)23-22(25(31)28-11-13-33-14-12-28)29(26(32)34-23)16-19-6-4-5-18(3)15-19/h4-10,15,17,22-23H,11-14,16H2,1-3H3,(H,27,30). The van der Waals surface area contributed by atoms with Gasteiger partial charge in [0.1, 0.15) is 0 Å². The molecule has 34 heavy (non-hydrogen) atoms. The van der Waals surface area contributed by atoms with E-state index < -0.39 is 18.2 Å². The molecule has 2 fully saturated rings. The van der Waals surface area contributed by atoms with Crippen LogP contribution in [0.25, 0.3) is 0 Å². The van der Waals surface area contributed by atoms with Crippen LogP contribution in [-0.4, -0.2) is 60.1 Å². The number of cyclic esters (lactones) is 1. The van der Waals surface area contributed by atoms with Gasteiger partial charge in [-0.1, -0.05) is 55.8 Å². The summed E-state index contributed by atoms with van der Waals surface area (Å²) in [5.74, 6) is -0.366. The number of hydrogen-bond acceptors (Lipinski definition) is 5. The normalized spacial score (nSPS) is 20.4. The summed E-state index contributed by atoms with van der Waals surface area (Å²) in [6, 6.07) is 14.2. The Morgan fingerprint density at radius 3 is 2.44 bits per heavy atom. The van der Waals surface area contributed by atoms with E-state index in [1.54, 1.807) is 29.2 Å². The lowest BCUT2D eigenvalue weighted by Gasteiger charge is -2.33. The molecule has 0 radical (unpaired) electrons.